The van der Waals surface area contributed by atoms with Gasteiger partial charge < -0.3 is 9.30 Å². The third kappa shape index (κ3) is 0.671. The molecule has 0 aliphatic carbocycles. The van der Waals surface area contributed by atoms with Gasteiger partial charge in [0.05, 0.1) is 0 Å². The van der Waals surface area contributed by atoms with E-state index in [0.29, 0.717) is 0 Å². The Bertz CT molecular complexity index is 231. The summed E-state index contributed by atoms with van der Waals surface area (Å²) in [6.45, 7) is 1.05. The number of ether oxygens (including phenoxy) is 1. The summed E-state index contributed by atoms with van der Waals surface area (Å²) >= 11 is 0. The number of aromatic nitrogens is 2. The molecular formula is C7H10N2O. The van der Waals surface area contributed by atoms with Crippen molar-refractivity contribution in [2.75, 3.05) is 7.11 Å². The van der Waals surface area contributed by atoms with Gasteiger partial charge in [0.25, 0.3) is 0 Å². The van der Waals surface area contributed by atoms with Crippen LogP contribution in [-0.4, -0.2) is 16.7 Å². The Kier molecular flexibility index (Phi) is 1.24. The van der Waals surface area contributed by atoms with Crippen molar-refractivity contribution in [3.05, 3.63) is 18.2 Å². The number of hydrogen-bond donors (Lipinski definition) is 0. The van der Waals surface area contributed by atoms with Crippen LogP contribution in [0.2, 0.25) is 0 Å². The van der Waals surface area contributed by atoms with Gasteiger partial charge in [-0.25, -0.2) is 4.98 Å². The van der Waals surface area contributed by atoms with E-state index in [-0.39, 0.29) is 6.10 Å². The van der Waals surface area contributed by atoms with E-state index in [1.54, 1.807) is 7.11 Å². The molecule has 0 spiro atoms. The summed E-state index contributed by atoms with van der Waals surface area (Å²) in [5, 5.41) is 0. The highest BCUT2D eigenvalue weighted by molar-refractivity contribution is 5.01. The predicted octanol–water partition coefficient (Wildman–Crippen LogP) is 0.974. The number of fused-ring (bicyclic) bond motifs is 1. The summed E-state index contributed by atoms with van der Waals surface area (Å²) in [6.07, 6.45) is 5.11. The van der Waals surface area contributed by atoms with Gasteiger partial charge in [-0.05, 0) is 6.42 Å². The van der Waals surface area contributed by atoms with E-state index in [1.165, 1.54) is 0 Å². The third-order valence-electron chi connectivity index (χ3n) is 1.95. The van der Waals surface area contributed by atoms with Crippen molar-refractivity contribution >= 4 is 0 Å². The number of imidazole rings is 1. The molecule has 10 heavy (non-hydrogen) atoms. The lowest BCUT2D eigenvalue weighted by atomic mass is 10.3. The number of aryl methyl sites for hydroxylation is 1. The first-order valence-electron chi connectivity index (χ1n) is 3.45. The van der Waals surface area contributed by atoms with E-state index in [4.69, 9.17) is 4.74 Å². The lowest BCUT2D eigenvalue weighted by molar-refractivity contribution is 0.102. The molecule has 2 rings (SSSR count). The Morgan fingerprint density at radius 2 is 2.70 bits per heavy atom. The standard InChI is InChI=1S/C7H10N2O/c1-10-6-2-4-9-5-3-8-7(6)9/h3,5-6H,2,4H2,1H3/t6-/m1/s1. The highest BCUT2D eigenvalue weighted by atomic mass is 16.5. The fraction of sp³-hybridized carbons (Fsp3) is 0.571. The lowest BCUT2D eigenvalue weighted by Gasteiger charge is -2.02. The number of hydrogen-bond acceptors (Lipinski definition) is 2. The molecule has 1 aromatic heterocycles. The monoisotopic (exact) mass is 138 g/mol. The average molecular weight is 138 g/mol. The summed E-state index contributed by atoms with van der Waals surface area (Å²) < 4.78 is 7.35. The van der Waals surface area contributed by atoms with Crippen LogP contribution in [0.5, 0.6) is 0 Å². The van der Waals surface area contributed by atoms with E-state index in [9.17, 15) is 0 Å². The van der Waals surface area contributed by atoms with Gasteiger partial charge in [-0.2, -0.15) is 0 Å². The molecule has 2 heterocycles. The van der Waals surface area contributed by atoms with Crippen LogP contribution < -0.4 is 0 Å². The zero-order valence-electron chi connectivity index (χ0n) is 5.95. The second-order valence-electron chi connectivity index (χ2n) is 2.49. The summed E-state index contributed by atoms with van der Waals surface area (Å²) in [5.74, 6) is 1.07. The zero-order valence-corrected chi connectivity index (χ0v) is 5.95. The highest BCUT2D eigenvalue weighted by Crippen LogP contribution is 2.25. The van der Waals surface area contributed by atoms with Gasteiger partial charge in [0.1, 0.15) is 11.9 Å². The van der Waals surface area contributed by atoms with Crippen molar-refractivity contribution in [3.63, 3.8) is 0 Å². The van der Waals surface area contributed by atoms with E-state index < -0.39 is 0 Å². The smallest absolute Gasteiger partial charge is 0.137 e. The molecule has 0 radical (unpaired) electrons. The van der Waals surface area contributed by atoms with Gasteiger partial charge in [0, 0.05) is 26.0 Å². The van der Waals surface area contributed by atoms with Crippen LogP contribution in [0.1, 0.15) is 18.3 Å². The topological polar surface area (TPSA) is 27.1 Å². The fourth-order valence-electron chi connectivity index (χ4n) is 1.41. The normalized spacial score (nSPS) is 23.1. The van der Waals surface area contributed by atoms with E-state index in [2.05, 4.69) is 9.55 Å². The van der Waals surface area contributed by atoms with Gasteiger partial charge in [0.2, 0.25) is 0 Å². The maximum absolute atomic E-state index is 5.21. The predicted molar refractivity (Wildman–Crippen MR) is 36.6 cm³/mol. The molecule has 1 aliphatic rings. The van der Waals surface area contributed by atoms with E-state index >= 15 is 0 Å². The van der Waals surface area contributed by atoms with Crippen LogP contribution in [0, 0.1) is 0 Å². The van der Waals surface area contributed by atoms with Gasteiger partial charge in [-0.1, -0.05) is 0 Å². The molecule has 3 nitrogen and oxygen atoms in total. The number of methoxy groups -OCH3 is 1. The molecule has 54 valence electrons. The molecule has 0 saturated heterocycles. The van der Waals surface area contributed by atoms with Gasteiger partial charge in [0.15, 0.2) is 0 Å². The molecule has 0 N–H and O–H groups in total. The van der Waals surface area contributed by atoms with Crippen LogP contribution in [0.4, 0.5) is 0 Å². The van der Waals surface area contributed by atoms with Gasteiger partial charge >= 0.3 is 0 Å². The molecular weight excluding hydrogens is 128 g/mol. The maximum Gasteiger partial charge on any atom is 0.137 e. The Balaban J connectivity index is 2.34. The minimum Gasteiger partial charge on any atom is -0.373 e. The molecule has 3 heteroatoms. The first-order chi connectivity index (χ1) is 4.92. The molecule has 0 unspecified atom stereocenters. The van der Waals surface area contributed by atoms with Crippen LogP contribution in [0.25, 0.3) is 0 Å². The molecule has 1 aliphatic heterocycles. The Labute approximate surface area is 59.6 Å². The van der Waals surface area contributed by atoms with Crippen molar-refractivity contribution in [1.29, 1.82) is 0 Å². The van der Waals surface area contributed by atoms with Crippen LogP contribution in [0.15, 0.2) is 12.4 Å². The second-order valence-corrected chi connectivity index (χ2v) is 2.49. The average Bonchev–Trinajstić information content (AvgIpc) is 2.44. The quantitative estimate of drug-likeness (QED) is 0.578. The third-order valence-corrected chi connectivity index (χ3v) is 1.95. The Morgan fingerprint density at radius 3 is 3.50 bits per heavy atom. The summed E-state index contributed by atoms with van der Waals surface area (Å²) in [6, 6.07) is 0. The first kappa shape index (κ1) is 5.92. The molecule has 0 saturated carbocycles. The van der Waals surface area contributed by atoms with E-state index in [0.717, 1.165) is 18.8 Å². The largest absolute Gasteiger partial charge is 0.373 e. The number of rotatable bonds is 1. The fourth-order valence-corrected chi connectivity index (χ4v) is 1.41. The molecule has 0 fully saturated rings. The van der Waals surface area contributed by atoms with Gasteiger partial charge in [-0.3, -0.25) is 0 Å². The number of nitrogens with zero attached hydrogens (tertiary/aromatic N) is 2. The van der Waals surface area contributed by atoms with Crippen LogP contribution >= 0.6 is 0 Å². The first-order valence-corrected chi connectivity index (χ1v) is 3.45. The van der Waals surface area contributed by atoms with Crippen molar-refractivity contribution in [2.45, 2.75) is 19.1 Å². The summed E-state index contributed by atoms with van der Waals surface area (Å²) in [7, 11) is 1.73. The van der Waals surface area contributed by atoms with Crippen molar-refractivity contribution in [3.8, 4) is 0 Å². The van der Waals surface area contributed by atoms with Crippen LogP contribution in [-0.2, 0) is 11.3 Å². The molecule has 0 amide bonds. The zero-order chi connectivity index (χ0) is 6.97. The summed E-state index contributed by atoms with van der Waals surface area (Å²) in [5.41, 5.74) is 0. The lowest BCUT2D eigenvalue weighted by Crippen LogP contribution is -1.97. The molecule has 1 aromatic rings. The maximum atomic E-state index is 5.21. The molecule has 0 bridgehead atoms. The Hall–Kier alpha value is -0.830. The molecule has 1 atom stereocenters. The van der Waals surface area contributed by atoms with Crippen LogP contribution in [0.3, 0.4) is 0 Å². The minimum atomic E-state index is 0.231. The summed E-state index contributed by atoms with van der Waals surface area (Å²) in [4.78, 5) is 4.19. The SMILES string of the molecule is CO[C@@H]1CCn2ccnc21. The highest BCUT2D eigenvalue weighted by Gasteiger charge is 2.22. The van der Waals surface area contributed by atoms with Gasteiger partial charge in [-0.15, -0.1) is 0 Å². The Morgan fingerprint density at radius 1 is 1.80 bits per heavy atom. The van der Waals surface area contributed by atoms with E-state index in [1.807, 2.05) is 12.4 Å². The minimum absolute atomic E-state index is 0.231. The molecule has 0 aromatic carbocycles. The second kappa shape index (κ2) is 2.09. The van der Waals surface area contributed by atoms with Crippen molar-refractivity contribution in [2.24, 2.45) is 0 Å². The van der Waals surface area contributed by atoms with Crippen molar-refractivity contribution < 1.29 is 4.74 Å². The van der Waals surface area contributed by atoms with Crippen molar-refractivity contribution in [1.82, 2.24) is 9.55 Å².